The van der Waals surface area contributed by atoms with Gasteiger partial charge in [-0.1, -0.05) is 12.1 Å². The lowest BCUT2D eigenvalue weighted by Gasteiger charge is -2.26. The number of anilines is 1. The Bertz CT molecular complexity index is 1060. The second kappa shape index (κ2) is 7.61. The Kier molecular flexibility index (Phi) is 5.02. The van der Waals surface area contributed by atoms with Gasteiger partial charge in [-0.25, -0.2) is 4.79 Å². The maximum absolute atomic E-state index is 12.6. The highest BCUT2D eigenvalue weighted by Gasteiger charge is 2.13. The molecule has 146 valence electrons. The third kappa shape index (κ3) is 3.58. The van der Waals surface area contributed by atoms with Crippen molar-refractivity contribution in [2.24, 2.45) is 14.1 Å². The highest BCUT2D eigenvalue weighted by atomic mass is 16.5. The molecule has 1 aliphatic rings. The number of morpholine rings is 1. The number of benzene rings is 2. The molecule has 0 saturated carbocycles. The molecule has 1 fully saturated rings. The van der Waals surface area contributed by atoms with Gasteiger partial charge < -0.3 is 10.1 Å². The molecular weight excluding hydrogens is 356 g/mol. The lowest BCUT2D eigenvalue weighted by atomic mass is 10.1. The largest absolute Gasteiger partial charge is 0.379 e. The topological polar surface area (TPSA) is 68.5 Å². The van der Waals surface area contributed by atoms with E-state index in [-0.39, 0.29) is 11.6 Å². The van der Waals surface area contributed by atoms with E-state index in [0.29, 0.717) is 11.3 Å². The van der Waals surface area contributed by atoms with Crippen molar-refractivity contribution in [1.29, 1.82) is 0 Å². The molecule has 1 aromatic heterocycles. The summed E-state index contributed by atoms with van der Waals surface area (Å²) in [5, 5.41) is 2.92. The predicted octanol–water partition coefficient (Wildman–Crippen LogP) is 1.96. The van der Waals surface area contributed by atoms with Gasteiger partial charge in [0.1, 0.15) is 0 Å². The van der Waals surface area contributed by atoms with Crippen molar-refractivity contribution in [2.75, 3.05) is 31.6 Å². The van der Waals surface area contributed by atoms with E-state index in [9.17, 15) is 9.59 Å². The maximum atomic E-state index is 12.6. The van der Waals surface area contributed by atoms with Crippen molar-refractivity contribution < 1.29 is 9.53 Å². The van der Waals surface area contributed by atoms with Gasteiger partial charge in [0.25, 0.3) is 5.91 Å². The molecule has 0 radical (unpaired) electrons. The number of fused-ring (bicyclic) bond motifs is 1. The third-order valence-corrected chi connectivity index (χ3v) is 5.26. The first-order chi connectivity index (χ1) is 13.5. The number of nitrogens with zero attached hydrogens (tertiary/aromatic N) is 3. The molecule has 4 rings (SSSR count). The number of imidazole rings is 1. The van der Waals surface area contributed by atoms with Crippen LogP contribution < -0.4 is 11.0 Å². The van der Waals surface area contributed by atoms with Crippen LogP contribution in [0.25, 0.3) is 11.0 Å². The number of ether oxygens (including phenoxy) is 1. The summed E-state index contributed by atoms with van der Waals surface area (Å²) in [4.78, 5) is 27.0. The Morgan fingerprint density at radius 1 is 1.00 bits per heavy atom. The monoisotopic (exact) mass is 380 g/mol. The summed E-state index contributed by atoms with van der Waals surface area (Å²) in [5.74, 6) is -0.168. The van der Waals surface area contributed by atoms with Crippen LogP contribution in [0.15, 0.2) is 47.3 Å². The first kappa shape index (κ1) is 18.5. The Morgan fingerprint density at radius 2 is 1.68 bits per heavy atom. The number of aryl methyl sites for hydroxylation is 2. The molecule has 1 saturated heterocycles. The minimum atomic E-state index is -0.168. The highest BCUT2D eigenvalue weighted by molar-refractivity contribution is 6.05. The van der Waals surface area contributed by atoms with Gasteiger partial charge in [0.05, 0.1) is 24.2 Å². The highest BCUT2D eigenvalue weighted by Crippen LogP contribution is 2.18. The van der Waals surface area contributed by atoms with Gasteiger partial charge in [0, 0.05) is 45.0 Å². The zero-order valence-corrected chi connectivity index (χ0v) is 16.1. The number of carbonyl (C=O) groups is 1. The van der Waals surface area contributed by atoms with Crippen LogP contribution in [0, 0.1) is 0 Å². The van der Waals surface area contributed by atoms with Crippen LogP contribution in [0.2, 0.25) is 0 Å². The summed E-state index contributed by atoms with van der Waals surface area (Å²) in [6.07, 6.45) is 0. The fraction of sp³-hybridized carbons (Fsp3) is 0.333. The molecular formula is C21H24N4O3. The minimum absolute atomic E-state index is 0.0886. The Hall–Kier alpha value is -2.90. The molecule has 2 heterocycles. The van der Waals surface area contributed by atoms with Gasteiger partial charge in [0.2, 0.25) is 0 Å². The summed E-state index contributed by atoms with van der Waals surface area (Å²) >= 11 is 0. The van der Waals surface area contributed by atoms with Gasteiger partial charge in [0.15, 0.2) is 0 Å². The summed E-state index contributed by atoms with van der Waals surface area (Å²) in [6, 6.07) is 13.2. The number of rotatable bonds is 4. The Labute approximate surface area is 163 Å². The second-order valence-corrected chi connectivity index (χ2v) is 7.14. The smallest absolute Gasteiger partial charge is 0.328 e. The number of carbonyl (C=O) groups excluding carboxylic acids is 1. The molecule has 3 aromatic rings. The number of hydrogen-bond donors (Lipinski definition) is 1. The SMILES string of the molecule is Cn1c(=O)n(C)c2cc(NC(=O)c3ccc(CN4CCOCC4)cc3)ccc21. The van der Waals surface area contributed by atoms with Crippen molar-refractivity contribution >= 4 is 22.6 Å². The summed E-state index contributed by atoms with van der Waals surface area (Å²) < 4.78 is 8.54. The number of aromatic nitrogens is 2. The molecule has 0 bridgehead atoms. The molecule has 0 aliphatic carbocycles. The van der Waals surface area contributed by atoms with Crippen LogP contribution >= 0.6 is 0 Å². The molecule has 0 spiro atoms. The molecule has 28 heavy (non-hydrogen) atoms. The molecule has 1 N–H and O–H groups in total. The van der Waals surface area contributed by atoms with Crippen molar-refractivity contribution in [2.45, 2.75) is 6.54 Å². The quantitative estimate of drug-likeness (QED) is 0.751. The van der Waals surface area contributed by atoms with Crippen molar-refractivity contribution in [3.8, 4) is 0 Å². The second-order valence-electron chi connectivity index (χ2n) is 7.14. The zero-order chi connectivity index (χ0) is 19.7. The maximum Gasteiger partial charge on any atom is 0.328 e. The molecule has 1 aliphatic heterocycles. The van der Waals surface area contributed by atoms with Crippen LogP contribution in [0.1, 0.15) is 15.9 Å². The minimum Gasteiger partial charge on any atom is -0.379 e. The third-order valence-electron chi connectivity index (χ3n) is 5.26. The summed E-state index contributed by atoms with van der Waals surface area (Å²) in [7, 11) is 3.46. The number of nitrogens with one attached hydrogen (secondary N) is 1. The Balaban J connectivity index is 1.46. The van der Waals surface area contributed by atoms with E-state index in [4.69, 9.17) is 4.74 Å². The van der Waals surface area contributed by atoms with E-state index in [1.165, 1.54) is 5.56 Å². The van der Waals surface area contributed by atoms with Crippen LogP contribution in [0.4, 0.5) is 5.69 Å². The van der Waals surface area contributed by atoms with E-state index in [0.717, 1.165) is 43.9 Å². The standard InChI is InChI=1S/C21H24N4O3/c1-23-18-8-7-17(13-19(18)24(2)21(23)27)22-20(26)16-5-3-15(4-6-16)14-25-9-11-28-12-10-25/h3-8,13H,9-12,14H2,1-2H3,(H,22,26). The van der Waals surface area contributed by atoms with E-state index in [1.54, 1.807) is 23.2 Å². The van der Waals surface area contributed by atoms with Crippen molar-refractivity contribution in [3.63, 3.8) is 0 Å². The van der Waals surface area contributed by atoms with E-state index in [2.05, 4.69) is 10.2 Å². The molecule has 0 atom stereocenters. The number of hydrogen-bond acceptors (Lipinski definition) is 4. The van der Waals surface area contributed by atoms with Crippen molar-refractivity contribution in [3.05, 3.63) is 64.1 Å². The normalized spacial score (nSPS) is 15.1. The predicted molar refractivity (Wildman–Crippen MR) is 109 cm³/mol. The molecule has 7 heteroatoms. The van der Waals surface area contributed by atoms with Crippen molar-refractivity contribution in [1.82, 2.24) is 14.0 Å². The first-order valence-corrected chi connectivity index (χ1v) is 9.39. The van der Waals surface area contributed by atoms with Gasteiger partial charge in [-0.05, 0) is 35.9 Å². The van der Waals surface area contributed by atoms with E-state index >= 15 is 0 Å². The molecule has 1 amide bonds. The van der Waals surface area contributed by atoms with Gasteiger partial charge in [-0.2, -0.15) is 0 Å². The molecule has 2 aromatic carbocycles. The van der Waals surface area contributed by atoms with Crippen LogP contribution in [0.5, 0.6) is 0 Å². The molecule has 7 nitrogen and oxygen atoms in total. The number of amides is 1. The fourth-order valence-electron chi connectivity index (χ4n) is 3.57. The van der Waals surface area contributed by atoms with Crippen LogP contribution in [-0.2, 0) is 25.4 Å². The van der Waals surface area contributed by atoms with E-state index < -0.39 is 0 Å². The Morgan fingerprint density at radius 3 is 2.39 bits per heavy atom. The lowest BCUT2D eigenvalue weighted by Crippen LogP contribution is -2.35. The van der Waals surface area contributed by atoms with Gasteiger partial charge in [-0.3, -0.25) is 18.8 Å². The summed E-state index contributed by atoms with van der Waals surface area (Å²) in [6.45, 7) is 4.29. The van der Waals surface area contributed by atoms with Gasteiger partial charge in [-0.15, -0.1) is 0 Å². The zero-order valence-electron chi connectivity index (χ0n) is 16.1. The average Bonchev–Trinajstić information content (AvgIpc) is 2.93. The molecule has 0 unspecified atom stereocenters. The fourth-order valence-corrected chi connectivity index (χ4v) is 3.57. The summed E-state index contributed by atoms with van der Waals surface area (Å²) in [5.41, 5.74) is 3.97. The van der Waals surface area contributed by atoms with Gasteiger partial charge >= 0.3 is 5.69 Å². The average molecular weight is 380 g/mol. The van der Waals surface area contributed by atoms with E-state index in [1.807, 2.05) is 42.5 Å². The lowest BCUT2D eigenvalue weighted by molar-refractivity contribution is 0.0342. The van der Waals surface area contributed by atoms with Crippen LogP contribution in [-0.4, -0.2) is 46.2 Å². The first-order valence-electron chi connectivity index (χ1n) is 9.39. The van der Waals surface area contributed by atoms with Crippen LogP contribution in [0.3, 0.4) is 0 Å².